The van der Waals surface area contributed by atoms with Crippen LogP contribution >= 0.6 is 15.9 Å². The lowest BCUT2D eigenvalue weighted by molar-refractivity contribution is 1.22. The van der Waals surface area contributed by atoms with Gasteiger partial charge in [-0.15, -0.1) is 0 Å². The Morgan fingerprint density at radius 3 is 2.83 bits per heavy atom. The van der Waals surface area contributed by atoms with Gasteiger partial charge in [-0.05, 0) is 36.6 Å². The third kappa shape index (κ3) is 2.49. The Labute approximate surface area is 82.4 Å². The fraction of sp³-hybridized carbons (Fsp3) is 0.273. The summed E-state index contributed by atoms with van der Waals surface area (Å²) in [5, 5.41) is 0. The van der Waals surface area contributed by atoms with Gasteiger partial charge in [-0.1, -0.05) is 41.1 Å². The first-order chi connectivity index (χ1) is 5.74. The van der Waals surface area contributed by atoms with E-state index in [9.17, 15) is 0 Å². The number of rotatable bonds is 2. The van der Waals surface area contributed by atoms with Crippen LogP contribution in [0.2, 0.25) is 0 Å². The lowest BCUT2D eigenvalue weighted by atomic mass is 10.1. The molecule has 0 radical (unpaired) electrons. The van der Waals surface area contributed by atoms with Crippen molar-refractivity contribution in [3.63, 3.8) is 0 Å². The Morgan fingerprint density at radius 2 is 2.25 bits per heavy atom. The van der Waals surface area contributed by atoms with Crippen LogP contribution in [0.5, 0.6) is 0 Å². The summed E-state index contributed by atoms with van der Waals surface area (Å²) in [6.07, 6.45) is 3.33. The van der Waals surface area contributed by atoms with E-state index in [4.69, 9.17) is 0 Å². The summed E-state index contributed by atoms with van der Waals surface area (Å²) in [5.74, 6) is 0. The summed E-state index contributed by atoms with van der Waals surface area (Å²) >= 11 is 3.45. The minimum absolute atomic E-state index is 1.10. The van der Waals surface area contributed by atoms with E-state index >= 15 is 0 Å². The first-order valence-corrected chi connectivity index (χ1v) is 4.96. The summed E-state index contributed by atoms with van der Waals surface area (Å²) in [7, 11) is 0. The topological polar surface area (TPSA) is 0 Å². The van der Waals surface area contributed by atoms with E-state index in [1.54, 1.807) is 0 Å². The fourth-order valence-corrected chi connectivity index (χ4v) is 1.56. The summed E-state index contributed by atoms with van der Waals surface area (Å²) in [5.41, 5.74) is 2.64. The molecule has 0 nitrogen and oxygen atoms in total. The van der Waals surface area contributed by atoms with Gasteiger partial charge in [0.25, 0.3) is 0 Å². The van der Waals surface area contributed by atoms with Gasteiger partial charge in [0.15, 0.2) is 0 Å². The van der Waals surface area contributed by atoms with Gasteiger partial charge in [-0.25, -0.2) is 0 Å². The van der Waals surface area contributed by atoms with Crippen molar-refractivity contribution < 1.29 is 0 Å². The van der Waals surface area contributed by atoms with Gasteiger partial charge in [0, 0.05) is 4.47 Å². The highest BCUT2D eigenvalue weighted by Gasteiger charge is 1.94. The third-order valence-corrected chi connectivity index (χ3v) is 2.28. The highest BCUT2D eigenvalue weighted by Crippen LogP contribution is 2.18. The molecule has 1 aromatic carbocycles. The fourth-order valence-electron chi connectivity index (χ4n) is 1.16. The molecule has 0 fully saturated rings. The van der Waals surface area contributed by atoms with Crippen LogP contribution in [0.3, 0.4) is 0 Å². The quantitative estimate of drug-likeness (QED) is 0.705. The van der Waals surface area contributed by atoms with E-state index in [-0.39, 0.29) is 0 Å². The number of benzene rings is 1. The summed E-state index contributed by atoms with van der Waals surface area (Å²) in [6, 6.07) is 8.38. The average Bonchev–Trinajstić information content (AvgIpc) is 2.05. The van der Waals surface area contributed by atoms with Gasteiger partial charge in [0.2, 0.25) is 0 Å². The molecule has 1 rings (SSSR count). The molecule has 0 aliphatic heterocycles. The Morgan fingerprint density at radius 1 is 1.50 bits per heavy atom. The van der Waals surface area contributed by atoms with Crippen molar-refractivity contribution in [2.45, 2.75) is 20.3 Å². The first kappa shape index (κ1) is 9.53. The molecule has 0 unspecified atom stereocenters. The molecule has 0 spiro atoms. The van der Waals surface area contributed by atoms with Crippen LogP contribution in [0, 0.1) is 0 Å². The predicted molar refractivity (Wildman–Crippen MR) is 58.1 cm³/mol. The van der Waals surface area contributed by atoms with Crippen LogP contribution in [-0.2, 0) is 0 Å². The van der Waals surface area contributed by atoms with Crippen LogP contribution < -0.4 is 0 Å². The van der Waals surface area contributed by atoms with Crippen molar-refractivity contribution in [1.29, 1.82) is 0 Å². The lowest BCUT2D eigenvalue weighted by Gasteiger charge is -2.00. The molecular formula is C11H13Br. The SMILES string of the molecule is CC/C=C(/C)c1cccc(Br)c1. The van der Waals surface area contributed by atoms with Crippen molar-refractivity contribution in [3.05, 3.63) is 40.4 Å². The first-order valence-electron chi connectivity index (χ1n) is 4.16. The molecule has 0 bridgehead atoms. The summed E-state index contributed by atoms with van der Waals surface area (Å²) < 4.78 is 1.14. The maximum absolute atomic E-state index is 3.45. The highest BCUT2D eigenvalue weighted by atomic mass is 79.9. The van der Waals surface area contributed by atoms with E-state index in [2.05, 4.69) is 54.1 Å². The number of allylic oxidation sites excluding steroid dienone is 2. The molecule has 0 aliphatic carbocycles. The van der Waals surface area contributed by atoms with Gasteiger partial charge in [0.05, 0.1) is 0 Å². The number of halogens is 1. The largest absolute Gasteiger partial charge is 0.0813 e. The van der Waals surface area contributed by atoms with Crippen LogP contribution in [0.15, 0.2) is 34.8 Å². The van der Waals surface area contributed by atoms with E-state index in [0.29, 0.717) is 0 Å². The smallest absolute Gasteiger partial charge is 0.0181 e. The van der Waals surface area contributed by atoms with Gasteiger partial charge >= 0.3 is 0 Å². The molecule has 0 aliphatic rings. The minimum Gasteiger partial charge on any atom is -0.0813 e. The predicted octanol–water partition coefficient (Wildman–Crippen LogP) is 4.26. The summed E-state index contributed by atoms with van der Waals surface area (Å²) in [4.78, 5) is 0. The molecule has 12 heavy (non-hydrogen) atoms. The zero-order valence-electron chi connectivity index (χ0n) is 7.47. The maximum atomic E-state index is 3.45. The van der Waals surface area contributed by atoms with E-state index in [1.807, 2.05) is 6.07 Å². The zero-order valence-corrected chi connectivity index (χ0v) is 9.06. The highest BCUT2D eigenvalue weighted by molar-refractivity contribution is 9.10. The van der Waals surface area contributed by atoms with Crippen molar-refractivity contribution in [1.82, 2.24) is 0 Å². The van der Waals surface area contributed by atoms with E-state index < -0.39 is 0 Å². The number of hydrogen-bond acceptors (Lipinski definition) is 0. The Balaban J connectivity index is 2.95. The van der Waals surface area contributed by atoms with E-state index in [1.165, 1.54) is 11.1 Å². The molecule has 1 heteroatoms. The maximum Gasteiger partial charge on any atom is 0.0181 e. The van der Waals surface area contributed by atoms with Crippen molar-refractivity contribution in [2.75, 3.05) is 0 Å². The molecule has 64 valence electrons. The Hall–Kier alpha value is -0.560. The molecule has 0 N–H and O–H groups in total. The molecule has 0 heterocycles. The van der Waals surface area contributed by atoms with Crippen molar-refractivity contribution in [2.24, 2.45) is 0 Å². The molecule has 0 amide bonds. The standard InChI is InChI=1S/C11H13Br/c1-3-5-9(2)10-6-4-7-11(12)8-10/h4-8H,3H2,1-2H3/b9-5-. The average molecular weight is 225 g/mol. The monoisotopic (exact) mass is 224 g/mol. The molecule has 0 saturated heterocycles. The molecule has 1 aromatic rings. The van der Waals surface area contributed by atoms with Crippen LogP contribution in [0.4, 0.5) is 0 Å². The molecule has 0 atom stereocenters. The second kappa shape index (κ2) is 4.46. The normalized spacial score (nSPS) is 11.8. The zero-order chi connectivity index (χ0) is 8.97. The molecule has 0 saturated carbocycles. The summed E-state index contributed by atoms with van der Waals surface area (Å²) in [6.45, 7) is 4.30. The van der Waals surface area contributed by atoms with Gasteiger partial charge in [-0.2, -0.15) is 0 Å². The van der Waals surface area contributed by atoms with Crippen LogP contribution in [-0.4, -0.2) is 0 Å². The molecular weight excluding hydrogens is 212 g/mol. The Bertz CT molecular complexity index is 287. The lowest BCUT2D eigenvalue weighted by Crippen LogP contribution is -1.78. The van der Waals surface area contributed by atoms with Crippen molar-refractivity contribution >= 4 is 21.5 Å². The Kier molecular flexibility index (Phi) is 3.54. The van der Waals surface area contributed by atoms with Crippen LogP contribution in [0.25, 0.3) is 5.57 Å². The molecule has 0 aromatic heterocycles. The van der Waals surface area contributed by atoms with E-state index in [0.717, 1.165) is 10.9 Å². The van der Waals surface area contributed by atoms with Gasteiger partial charge < -0.3 is 0 Å². The van der Waals surface area contributed by atoms with Crippen molar-refractivity contribution in [3.8, 4) is 0 Å². The second-order valence-corrected chi connectivity index (χ2v) is 3.72. The number of hydrogen-bond donors (Lipinski definition) is 0. The third-order valence-electron chi connectivity index (χ3n) is 1.79. The van der Waals surface area contributed by atoms with Gasteiger partial charge in [-0.3, -0.25) is 0 Å². The van der Waals surface area contributed by atoms with Gasteiger partial charge in [0.1, 0.15) is 0 Å². The van der Waals surface area contributed by atoms with Crippen LogP contribution in [0.1, 0.15) is 25.8 Å². The minimum atomic E-state index is 1.10. The second-order valence-electron chi connectivity index (χ2n) is 2.81.